The van der Waals surface area contributed by atoms with Crippen molar-refractivity contribution in [1.82, 2.24) is 10.3 Å². The molecule has 0 atom stereocenters. The zero-order valence-corrected chi connectivity index (χ0v) is 10.4. The Bertz CT molecular complexity index is 546. The van der Waals surface area contributed by atoms with Gasteiger partial charge >= 0.3 is 0 Å². The number of anilines is 1. The van der Waals surface area contributed by atoms with E-state index in [4.69, 9.17) is 16.0 Å². The SMILES string of the molecule is Cc1c(N2CCNCC2)cc(Cl)c2ocnc12. The van der Waals surface area contributed by atoms with E-state index in [9.17, 15) is 0 Å². The summed E-state index contributed by atoms with van der Waals surface area (Å²) in [7, 11) is 0. The highest BCUT2D eigenvalue weighted by Gasteiger charge is 2.17. The second kappa shape index (κ2) is 4.20. The van der Waals surface area contributed by atoms with Gasteiger partial charge in [-0.2, -0.15) is 0 Å². The summed E-state index contributed by atoms with van der Waals surface area (Å²) in [6, 6.07) is 1.98. The minimum absolute atomic E-state index is 0.636. The molecule has 2 heterocycles. The third-order valence-electron chi connectivity index (χ3n) is 3.24. The van der Waals surface area contributed by atoms with E-state index in [1.807, 2.05) is 6.07 Å². The highest BCUT2D eigenvalue weighted by atomic mass is 35.5. The molecule has 1 aliphatic rings. The Kier molecular flexibility index (Phi) is 2.68. The Labute approximate surface area is 105 Å². The first-order chi connectivity index (χ1) is 8.27. The van der Waals surface area contributed by atoms with Crippen molar-refractivity contribution in [2.45, 2.75) is 6.92 Å². The first-order valence-corrected chi connectivity index (χ1v) is 6.13. The molecule has 0 bridgehead atoms. The Morgan fingerprint density at radius 2 is 2.18 bits per heavy atom. The quantitative estimate of drug-likeness (QED) is 0.844. The molecule has 1 aromatic heterocycles. The molecular formula is C12H14ClN3O. The van der Waals surface area contributed by atoms with Crippen molar-refractivity contribution >= 4 is 28.4 Å². The number of benzene rings is 1. The van der Waals surface area contributed by atoms with Crippen LogP contribution < -0.4 is 10.2 Å². The Morgan fingerprint density at radius 1 is 1.41 bits per heavy atom. The van der Waals surface area contributed by atoms with Gasteiger partial charge < -0.3 is 14.6 Å². The molecule has 2 aromatic rings. The molecule has 1 aliphatic heterocycles. The summed E-state index contributed by atoms with van der Waals surface area (Å²) in [5.41, 5.74) is 3.85. The minimum Gasteiger partial charge on any atom is -0.442 e. The predicted molar refractivity (Wildman–Crippen MR) is 68.8 cm³/mol. The molecule has 90 valence electrons. The molecule has 3 rings (SSSR count). The van der Waals surface area contributed by atoms with Gasteiger partial charge in [-0.3, -0.25) is 0 Å². The highest BCUT2D eigenvalue weighted by Crippen LogP contribution is 2.33. The first kappa shape index (κ1) is 10.9. The maximum atomic E-state index is 6.22. The molecule has 0 amide bonds. The average Bonchev–Trinajstić information content (AvgIpc) is 2.85. The molecule has 5 heteroatoms. The summed E-state index contributed by atoms with van der Waals surface area (Å²) in [6.45, 7) is 6.08. The van der Waals surface area contributed by atoms with E-state index in [-0.39, 0.29) is 0 Å². The summed E-state index contributed by atoms with van der Waals surface area (Å²) < 4.78 is 5.30. The van der Waals surface area contributed by atoms with E-state index in [0.717, 1.165) is 42.9 Å². The molecular weight excluding hydrogens is 238 g/mol. The summed E-state index contributed by atoms with van der Waals surface area (Å²) in [5, 5.41) is 3.98. The Balaban J connectivity index is 2.12. The molecule has 0 unspecified atom stereocenters. The zero-order valence-electron chi connectivity index (χ0n) is 9.66. The van der Waals surface area contributed by atoms with E-state index in [0.29, 0.717) is 10.6 Å². The number of rotatable bonds is 1. The van der Waals surface area contributed by atoms with Crippen molar-refractivity contribution in [1.29, 1.82) is 0 Å². The van der Waals surface area contributed by atoms with Gasteiger partial charge in [-0.25, -0.2) is 4.98 Å². The van der Waals surface area contributed by atoms with E-state index in [1.165, 1.54) is 6.39 Å². The third kappa shape index (κ3) is 1.77. The largest absolute Gasteiger partial charge is 0.442 e. The van der Waals surface area contributed by atoms with Crippen molar-refractivity contribution in [3.63, 3.8) is 0 Å². The maximum Gasteiger partial charge on any atom is 0.182 e. The van der Waals surface area contributed by atoms with Gasteiger partial charge in [-0.15, -0.1) is 0 Å². The van der Waals surface area contributed by atoms with E-state index >= 15 is 0 Å². The number of nitrogens with zero attached hydrogens (tertiary/aromatic N) is 2. The van der Waals surface area contributed by atoms with Crippen LogP contribution in [-0.4, -0.2) is 31.2 Å². The van der Waals surface area contributed by atoms with Gasteiger partial charge in [0.2, 0.25) is 0 Å². The lowest BCUT2D eigenvalue weighted by molar-refractivity contribution is 0.588. The minimum atomic E-state index is 0.636. The summed E-state index contributed by atoms with van der Waals surface area (Å²) in [6.07, 6.45) is 1.45. The number of aryl methyl sites for hydroxylation is 1. The topological polar surface area (TPSA) is 41.3 Å². The van der Waals surface area contributed by atoms with Gasteiger partial charge in [-0.1, -0.05) is 11.6 Å². The van der Waals surface area contributed by atoms with Crippen LogP contribution in [0.2, 0.25) is 5.02 Å². The van der Waals surface area contributed by atoms with Gasteiger partial charge in [0.25, 0.3) is 0 Å². The number of piperazine rings is 1. The Hall–Kier alpha value is -1.26. The van der Waals surface area contributed by atoms with Crippen LogP contribution in [0.4, 0.5) is 5.69 Å². The van der Waals surface area contributed by atoms with Gasteiger partial charge in [0.15, 0.2) is 12.0 Å². The highest BCUT2D eigenvalue weighted by molar-refractivity contribution is 6.35. The van der Waals surface area contributed by atoms with E-state index < -0.39 is 0 Å². The number of aromatic nitrogens is 1. The molecule has 1 N–H and O–H groups in total. The molecule has 0 aliphatic carbocycles. The normalized spacial score (nSPS) is 16.7. The standard InChI is InChI=1S/C12H14ClN3O/c1-8-10(16-4-2-14-3-5-16)6-9(13)12-11(8)15-7-17-12/h6-7,14H,2-5H2,1H3. The average molecular weight is 252 g/mol. The van der Waals surface area contributed by atoms with Crippen molar-refractivity contribution < 1.29 is 4.42 Å². The number of halogens is 1. The number of fused-ring (bicyclic) bond motifs is 1. The lowest BCUT2D eigenvalue weighted by Gasteiger charge is -2.30. The second-order valence-corrected chi connectivity index (χ2v) is 4.68. The second-order valence-electron chi connectivity index (χ2n) is 4.27. The van der Waals surface area contributed by atoms with Crippen LogP contribution >= 0.6 is 11.6 Å². The number of nitrogens with one attached hydrogen (secondary N) is 1. The van der Waals surface area contributed by atoms with Crippen LogP contribution in [0.5, 0.6) is 0 Å². The molecule has 0 saturated carbocycles. The fourth-order valence-corrected chi connectivity index (χ4v) is 2.57. The third-order valence-corrected chi connectivity index (χ3v) is 3.53. The van der Waals surface area contributed by atoms with Crippen LogP contribution in [0.1, 0.15) is 5.56 Å². The van der Waals surface area contributed by atoms with Crippen molar-refractivity contribution in [2.24, 2.45) is 0 Å². The fraction of sp³-hybridized carbons (Fsp3) is 0.417. The smallest absolute Gasteiger partial charge is 0.182 e. The lowest BCUT2D eigenvalue weighted by atomic mass is 10.1. The molecule has 1 aromatic carbocycles. The zero-order chi connectivity index (χ0) is 11.8. The molecule has 17 heavy (non-hydrogen) atoms. The monoisotopic (exact) mass is 251 g/mol. The van der Waals surface area contributed by atoms with Crippen molar-refractivity contribution in [3.05, 3.63) is 23.0 Å². The number of oxazole rings is 1. The van der Waals surface area contributed by atoms with Gasteiger partial charge in [0.05, 0.1) is 5.02 Å². The van der Waals surface area contributed by atoms with Gasteiger partial charge in [-0.05, 0) is 13.0 Å². The maximum absolute atomic E-state index is 6.22. The van der Waals surface area contributed by atoms with Crippen LogP contribution in [-0.2, 0) is 0 Å². The first-order valence-electron chi connectivity index (χ1n) is 5.75. The van der Waals surface area contributed by atoms with Crippen molar-refractivity contribution in [2.75, 3.05) is 31.1 Å². The Morgan fingerprint density at radius 3 is 2.94 bits per heavy atom. The summed E-state index contributed by atoms with van der Waals surface area (Å²) in [5.74, 6) is 0. The van der Waals surface area contributed by atoms with E-state index in [1.54, 1.807) is 0 Å². The lowest BCUT2D eigenvalue weighted by Crippen LogP contribution is -2.43. The van der Waals surface area contributed by atoms with Crippen LogP contribution in [0.15, 0.2) is 16.9 Å². The molecule has 0 spiro atoms. The van der Waals surface area contributed by atoms with Crippen LogP contribution in [0.3, 0.4) is 0 Å². The fourth-order valence-electron chi connectivity index (χ4n) is 2.33. The van der Waals surface area contributed by atoms with E-state index in [2.05, 4.69) is 22.1 Å². The van der Waals surface area contributed by atoms with Gasteiger partial charge in [0, 0.05) is 37.4 Å². The van der Waals surface area contributed by atoms with Crippen molar-refractivity contribution in [3.8, 4) is 0 Å². The van der Waals surface area contributed by atoms with Crippen LogP contribution in [0.25, 0.3) is 11.1 Å². The van der Waals surface area contributed by atoms with Crippen LogP contribution in [0, 0.1) is 6.92 Å². The molecule has 4 nitrogen and oxygen atoms in total. The number of hydrogen-bond acceptors (Lipinski definition) is 4. The summed E-state index contributed by atoms with van der Waals surface area (Å²) >= 11 is 6.22. The number of hydrogen-bond donors (Lipinski definition) is 1. The molecule has 0 radical (unpaired) electrons. The molecule has 1 saturated heterocycles. The summed E-state index contributed by atoms with van der Waals surface area (Å²) in [4.78, 5) is 6.58. The van der Waals surface area contributed by atoms with Gasteiger partial charge in [0.1, 0.15) is 5.52 Å². The predicted octanol–water partition coefficient (Wildman–Crippen LogP) is 2.20. The molecule has 1 fully saturated rings.